The molecule has 0 aliphatic heterocycles. The van der Waals surface area contributed by atoms with E-state index in [0.29, 0.717) is 12.1 Å². The molecule has 2 aromatic rings. The zero-order valence-electron chi connectivity index (χ0n) is 12.2. The lowest BCUT2D eigenvalue weighted by molar-refractivity contribution is -0.0498. The van der Waals surface area contributed by atoms with Crippen LogP contribution in [0.2, 0.25) is 0 Å². The van der Waals surface area contributed by atoms with Crippen LogP contribution < -0.4 is 10.5 Å². The van der Waals surface area contributed by atoms with E-state index in [1.54, 1.807) is 18.3 Å². The Labute approximate surface area is 127 Å². The monoisotopic (exact) mass is 307 g/mol. The van der Waals surface area contributed by atoms with Gasteiger partial charge in [0.05, 0.1) is 0 Å². The zero-order chi connectivity index (χ0) is 15.5. The molecule has 22 heavy (non-hydrogen) atoms. The predicted molar refractivity (Wildman–Crippen MR) is 79.8 cm³/mol. The fourth-order valence-corrected chi connectivity index (χ4v) is 3.00. The van der Waals surface area contributed by atoms with Crippen LogP contribution in [0, 0.1) is 0 Å². The molecule has 4 nitrogen and oxygen atoms in total. The lowest BCUT2D eigenvalue weighted by Crippen LogP contribution is -2.27. The Balaban J connectivity index is 1.79. The highest BCUT2D eigenvalue weighted by molar-refractivity contribution is 5.57. The van der Waals surface area contributed by atoms with Crippen molar-refractivity contribution in [3.8, 4) is 17.1 Å². The van der Waals surface area contributed by atoms with E-state index in [0.717, 1.165) is 37.1 Å². The summed E-state index contributed by atoms with van der Waals surface area (Å²) in [7, 11) is 0. The molecule has 1 aromatic carbocycles. The maximum Gasteiger partial charge on any atom is 0.387 e. The van der Waals surface area contributed by atoms with Crippen molar-refractivity contribution < 1.29 is 13.5 Å². The van der Waals surface area contributed by atoms with E-state index in [1.165, 1.54) is 12.1 Å². The Morgan fingerprint density at radius 2 is 1.82 bits per heavy atom. The van der Waals surface area contributed by atoms with Crippen LogP contribution in [0.1, 0.15) is 31.7 Å². The fourth-order valence-electron chi connectivity index (χ4n) is 3.00. The van der Waals surface area contributed by atoms with Gasteiger partial charge in [-0.25, -0.2) is 4.98 Å². The number of aromatic nitrogens is 2. The van der Waals surface area contributed by atoms with E-state index in [2.05, 4.69) is 14.3 Å². The SMILES string of the molecule is NC1CCC(n2ccnc2-c2ccc(OC(F)F)cc2)CC1. The van der Waals surface area contributed by atoms with Crippen LogP contribution in [-0.4, -0.2) is 22.2 Å². The van der Waals surface area contributed by atoms with Crippen LogP contribution >= 0.6 is 0 Å². The number of halogens is 2. The van der Waals surface area contributed by atoms with Gasteiger partial charge in [-0.3, -0.25) is 0 Å². The minimum atomic E-state index is -2.81. The highest BCUT2D eigenvalue weighted by Gasteiger charge is 2.22. The molecule has 0 spiro atoms. The maximum absolute atomic E-state index is 12.2. The average Bonchev–Trinajstić information content (AvgIpc) is 2.97. The molecule has 0 radical (unpaired) electrons. The van der Waals surface area contributed by atoms with Gasteiger partial charge in [0.25, 0.3) is 0 Å². The van der Waals surface area contributed by atoms with Gasteiger partial charge in [-0.2, -0.15) is 8.78 Å². The molecule has 0 saturated heterocycles. The Bertz CT molecular complexity index is 604. The first kappa shape index (κ1) is 15.0. The third kappa shape index (κ3) is 3.27. The van der Waals surface area contributed by atoms with Gasteiger partial charge in [0, 0.05) is 30.0 Å². The van der Waals surface area contributed by atoms with Crippen LogP contribution in [0.5, 0.6) is 5.75 Å². The number of imidazole rings is 1. The van der Waals surface area contributed by atoms with Gasteiger partial charge in [-0.15, -0.1) is 0 Å². The molecule has 6 heteroatoms. The maximum atomic E-state index is 12.2. The van der Waals surface area contributed by atoms with Crippen molar-refractivity contribution in [3.05, 3.63) is 36.7 Å². The zero-order valence-corrected chi connectivity index (χ0v) is 12.2. The highest BCUT2D eigenvalue weighted by Crippen LogP contribution is 2.32. The largest absolute Gasteiger partial charge is 0.435 e. The summed E-state index contributed by atoms with van der Waals surface area (Å²) in [5.41, 5.74) is 6.85. The van der Waals surface area contributed by atoms with Crippen molar-refractivity contribution in [2.45, 2.75) is 44.4 Å². The van der Waals surface area contributed by atoms with Gasteiger partial charge >= 0.3 is 6.61 Å². The number of hydrogen-bond acceptors (Lipinski definition) is 3. The van der Waals surface area contributed by atoms with E-state index in [9.17, 15) is 8.78 Å². The number of alkyl halides is 2. The molecular weight excluding hydrogens is 288 g/mol. The molecule has 3 rings (SSSR count). The van der Waals surface area contributed by atoms with Gasteiger partial charge < -0.3 is 15.0 Å². The van der Waals surface area contributed by atoms with Crippen LogP contribution in [-0.2, 0) is 0 Å². The molecule has 1 aliphatic rings. The Kier molecular flexibility index (Phi) is 4.38. The quantitative estimate of drug-likeness (QED) is 0.939. The second-order valence-electron chi connectivity index (χ2n) is 5.63. The molecule has 0 amide bonds. The summed E-state index contributed by atoms with van der Waals surface area (Å²) in [6.07, 6.45) is 7.86. The second-order valence-corrected chi connectivity index (χ2v) is 5.63. The van der Waals surface area contributed by atoms with Crippen LogP contribution in [0.25, 0.3) is 11.4 Å². The number of rotatable bonds is 4. The third-order valence-corrected chi connectivity index (χ3v) is 4.14. The van der Waals surface area contributed by atoms with E-state index in [4.69, 9.17) is 5.73 Å². The van der Waals surface area contributed by atoms with Crippen molar-refractivity contribution in [1.82, 2.24) is 9.55 Å². The standard InChI is InChI=1S/C16H19F2N3O/c17-16(18)22-14-7-1-11(2-8-14)15-20-9-10-21(15)13-5-3-12(19)4-6-13/h1-2,7-10,12-13,16H,3-6,19H2. The summed E-state index contributed by atoms with van der Waals surface area (Å²) in [4.78, 5) is 4.41. The lowest BCUT2D eigenvalue weighted by atomic mass is 9.91. The molecular formula is C16H19F2N3O. The molecule has 118 valence electrons. The Morgan fingerprint density at radius 3 is 2.45 bits per heavy atom. The molecule has 1 heterocycles. The fraction of sp³-hybridized carbons (Fsp3) is 0.438. The number of nitrogens with zero attached hydrogens (tertiary/aromatic N) is 2. The summed E-state index contributed by atoms with van der Waals surface area (Å²) in [6.45, 7) is -2.81. The summed E-state index contributed by atoms with van der Waals surface area (Å²) in [5, 5.41) is 0. The molecule has 0 unspecified atom stereocenters. The summed E-state index contributed by atoms with van der Waals surface area (Å²) in [6, 6.07) is 7.29. The Morgan fingerprint density at radius 1 is 1.14 bits per heavy atom. The first-order chi connectivity index (χ1) is 10.6. The van der Waals surface area contributed by atoms with Crippen molar-refractivity contribution in [3.63, 3.8) is 0 Å². The molecule has 0 atom stereocenters. The summed E-state index contributed by atoms with van der Waals surface area (Å²) in [5.74, 6) is 1.00. The van der Waals surface area contributed by atoms with Crippen LogP contribution in [0.3, 0.4) is 0 Å². The van der Waals surface area contributed by atoms with Gasteiger partial charge in [0.15, 0.2) is 0 Å². The normalized spacial score (nSPS) is 22.0. The first-order valence-corrected chi connectivity index (χ1v) is 7.47. The van der Waals surface area contributed by atoms with E-state index < -0.39 is 6.61 Å². The van der Waals surface area contributed by atoms with Crippen LogP contribution in [0.15, 0.2) is 36.7 Å². The predicted octanol–water partition coefficient (Wildman–Crippen LogP) is 3.59. The average molecular weight is 307 g/mol. The van der Waals surface area contributed by atoms with E-state index in [1.807, 2.05) is 6.20 Å². The van der Waals surface area contributed by atoms with Crippen molar-refractivity contribution in [2.75, 3.05) is 0 Å². The number of ether oxygens (including phenoxy) is 1. The number of hydrogen-bond donors (Lipinski definition) is 1. The number of nitrogens with two attached hydrogens (primary N) is 1. The Hall–Kier alpha value is -1.95. The summed E-state index contributed by atoms with van der Waals surface area (Å²) < 4.78 is 30.9. The highest BCUT2D eigenvalue weighted by atomic mass is 19.3. The van der Waals surface area contributed by atoms with Crippen molar-refractivity contribution in [2.24, 2.45) is 5.73 Å². The van der Waals surface area contributed by atoms with Crippen molar-refractivity contribution >= 4 is 0 Å². The molecule has 1 aliphatic carbocycles. The lowest BCUT2D eigenvalue weighted by Gasteiger charge is -2.28. The topological polar surface area (TPSA) is 53.1 Å². The minimum Gasteiger partial charge on any atom is -0.435 e. The van der Waals surface area contributed by atoms with Gasteiger partial charge in [0.2, 0.25) is 0 Å². The van der Waals surface area contributed by atoms with E-state index >= 15 is 0 Å². The molecule has 2 N–H and O–H groups in total. The molecule has 1 saturated carbocycles. The smallest absolute Gasteiger partial charge is 0.387 e. The van der Waals surface area contributed by atoms with Gasteiger partial charge in [-0.1, -0.05) is 0 Å². The van der Waals surface area contributed by atoms with Gasteiger partial charge in [-0.05, 0) is 49.9 Å². The third-order valence-electron chi connectivity index (χ3n) is 4.14. The van der Waals surface area contributed by atoms with Gasteiger partial charge in [0.1, 0.15) is 11.6 Å². The van der Waals surface area contributed by atoms with Crippen LogP contribution in [0.4, 0.5) is 8.78 Å². The summed E-state index contributed by atoms with van der Waals surface area (Å²) >= 11 is 0. The molecule has 1 aromatic heterocycles. The second kappa shape index (κ2) is 6.44. The minimum absolute atomic E-state index is 0.153. The molecule has 1 fully saturated rings. The molecule has 0 bridgehead atoms. The van der Waals surface area contributed by atoms with E-state index in [-0.39, 0.29) is 5.75 Å². The van der Waals surface area contributed by atoms with Crippen molar-refractivity contribution in [1.29, 1.82) is 0 Å². The number of benzene rings is 1. The first-order valence-electron chi connectivity index (χ1n) is 7.47.